The van der Waals surface area contributed by atoms with Gasteiger partial charge in [0.1, 0.15) is 5.82 Å². The number of nitrogens with two attached hydrogens (primary N) is 1. The number of hydrogen-bond donors (Lipinski definition) is 2. The van der Waals surface area contributed by atoms with E-state index in [0.29, 0.717) is 5.82 Å². The van der Waals surface area contributed by atoms with E-state index in [9.17, 15) is 0 Å². The number of anilines is 1. The van der Waals surface area contributed by atoms with Gasteiger partial charge in [0.25, 0.3) is 0 Å². The van der Waals surface area contributed by atoms with Crippen LogP contribution in [0.1, 0.15) is 70.9 Å². The summed E-state index contributed by atoms with van der Waals surface area (Å²) in [6.45, 7) is 9.93. The van der Waals surface area contributed by atoms with Crippen molar-refractivity contribution in [1.29, 1.82) is 0 Å². The lowest BCUT2D eigenvalue weighted by molar-refractivity contribution is 0.419. The van der Waals surface area contributed by atoms with Crippen LogP contribution in [0.3, 0.4) is 0 Å². The molecule has 0 radical (unpaired) electrons. The molecule has 2 rings (SSSR count). The fourth-order valence-electron chi connectivity index (χ4n) is 3.11. The van der Waals surface area contributed by atoms with Gasteiger partial charge < -0.3 is 11.1 Å². The van der Waals surface area contributed by atoms with E-state index in [1.807, 2.05) is 0 Å². The molecular formula is C22H35N3. The van der Waals surface area contributed by atoms with Crippen molar-refractivity contribution in [2.24, 2.45) is 0 Å². The second-order valence-corrected chi connectivity index (χ2v) is 8.15. The maximum absolute atomic E-state index is 6.18. The molecule has 0 saturated carbocycles. The van der Waals surface area contributed by atoms with Crippen molar-refractivity contribution in [2.45, 2.75) is 78.2 Å². The van der Waals surface area contributed by atoms with Crippen LogP contribution in [0.4, 0.5) is 5.82 Å². The smallest absolute Gasteiger partial charge is 0.127 e. The van der Waals surface area contributed by atoms with Crippen LogP contribution >= 0.6 is 0 Å². The fourth-order valence-corrected chi connectivity index (χ4v) is 3.11. The third-order valence-electron chi connectivity index (χ3n) is 4.59. The van der Waals surface area contributed by atoms with E-state index < -0.39 is 0 Å². The molecule has 3 heteroatoms. The quantitative estimate of drug-likeness (QED) is 0.612. The van der Waals surface area contributed by atoms with E-state index >= 15 is 0 Å². The summed E-state index contributed by atoms with van der Waals surface area (Å²) in [5.41, 5.74) is 9.97. The van der Waals surface area contributed by atoms with Crippen LogP contribution in [0, 0.1) is 0 Å². The predicted octanol–water partition coefficient (Wildman–Crippen LogP) is 5.26. The van der Waals surface area contributed by atoms with Gasteiger partial charge >= 0.3 is 0 Å². The van der Waals surface area contributed by atoms with Gasteiger partial charge in [-0.3, -0.25) is 0 Å². The number of hydrogen-bond acceptors (Lipinski definition) is 3. The largest absolute Gasteiger partial charge is 0.383 e. The molecule has 0 aliphatic heterocycles. The molecule has 25 heavy (non-hydrogen) atoms. The Morgan fingerprint density at radius 2 is 1.76 bits per heavy atom. The number of aryl methyl sites for hydroxylation is 2. The van der Waals surface area contributed by atoms with E-state index in [1.165, 1.54) is 48.6 Å². The normalized spacial score (nSPS) is 12.0. The van der Waals surface area contributed by atoms with Gasteiger partial charge in [0.15, 0.2) is 0 Å². The average Bonchev–Trinajstić information content (AvgIpc) is 2.54. The molecule has 0 aliphatic carbocycles. The summed E-state index contributed by atoms with van der Waals surface area (Å²) in [6, 6.07) is 8.88. The summed E-state index contributed by atoms with van der Waals surface area (Å²) in [7, 11) is 0. The first-order chi connectivity index (χ1) is 11.9. The fraction of sp³-hybridized carbons (Fsp3) is 0.591. The Labute approximate surface area is 153 Å². The summed E-state index contributed by atoms with van der Waals surface area (Å²) < 4.78 is 0. The zero-order valence-electron chi connectivity index (χ0n) is 16.5. The summed E-state index contributed by atoms with van der Waals surface area (Å²) in [6.07, 6.45) is 8.19. The SMILES string of the molecule is CCCCCc1cc2ccc(CCCCNC(C)(C)C)cc2nc1N. The number of benzene rings is 1. The van der Waals surface area contributed by atoms with Gasteiger partial charge in [-0.15, -0.1) is 0 Å². The van der Waals surface area contributed by atoms with Crippen LogP contribution < -0.4 is 11.1 Å². The number of pyridine rings is 1. The Hall–Kier alpha value is -1.61. The number of fused-ring (bicyclic) bond motifs is 1. The van der Waals surface area contributed by atoms with Crippen molar-refractivity contribution >= 4 is 16.7 Å². The Bertz CT molecular complexity index is 671. The monoisotopic (exact) mass is 341 g/mol. The Balaban J connectivity index is 1.94. The topological polar surface area (TPSA) is 50.9 Å². The van der Waals surface area contributed by atoms with E-state index in [-0.39, 0.29) is 5.54 Å². The number of nitrogen functional groups attached to an aromatic ring is 1. The second kappa shape index (κ2) is 9.19. The standard InChI is InChI=1S/C22H35N3/c1-5-6-7-11-19-16-18-13-12-17(15-20(18)25-21(19)23)10-8-9-14-24-22(2,3)4/h12-13,15-16,24H,5-11,14H2,1-4H3,(H2,23,25). The van der Waals surface area contributed by atoms with E-state index in [1.54, 1.807) is 0 Å². The van der Waals surface area contributed by atoms with Gasteiger partial charge in [-0.2, -0.15) is 0 Å². The van der Waals surface area contributed by atoms with Crippen molar-refractivity contribution in [1.82, 2.24) is 10.3 Å². The molecule has 1 aromatic heterocycles. The third kappa shape index (κ3) is 6.66. The van der Waals surface area contributed by atoms with Crippen LogP contribution in [0.25, 0.3) is 10.9 Å². The van der Waals surface area contributed by atoms with E-state index in [0.717, 1.165) is 24.9 Å². The molecule has 3 nitrogen and oxygen atoms in total. The summed E-state index contributed by atoms with van der Waals surface area (Å²) in [5, 5.41) is 4.75. The molecule has 0 aliphatic rings. The second-order valence-electron chi connectivity index (χ2n) is 8.15. The number of nitrogens with zero attached hydrogens (tertiary/aromatic N) is 1. The van der Waals surface area contributed by atoms with Crippen molar-refractivity contribution in [3.63, 3.8) is 0 Å². The van der Waals surface area contributed by atoms with E-state index in [2.05, 4.69) is 62.3 Å². The highest BCUT2D eigenvalue weighted by Crippen LogP contribution is 2.22. The summed E-state index contributed by atoms with van der Waals surface area (Å²) in [4.78, 5) is 4.66. The van der Waals surface area contributed by atoms with Crippen LogP contribution in [0.15, 0.2) is 24.3 Å². The minimum absolute atomic E-state index is 0.208. The molecule has 2 aromatic rings. The van der Waals surface area contributed by atoms with Crippen LogP contribution in [-0.4, -0.2) is 17.1 Å². The molecular weight excluding hydrogens is 306 g/mol. The van der Waals surface area contributed by atoms with Crippen LogP contribution in [0.2, 0.25) is 0 Å². The van der Waals surface area contributed by atoms with Crippen LogP contribution in [-0.2, 0) is 12.8 Å². The Morgan fingerprint density at radius 1 is 1.00 bits per heavy atom. The zero-order valence-corrected chi connectivity index (χ0v) is 16.5. The molecule has 0 unspecified atom stereocenters. The molecule has 0 atom stereocenters. The van der Waals surface area contributed by atoms with Crippen molar-refractivity contribution in [3.8, 4) is 0 Å². The minimum Gasteiger partial charge on any atom is -0.383 e. The highest BCUT2D eigenvalue weighted by atomic mass is 14.9. The Kier molecular flexibility index (Phi) is 7.24. The van der Waals surface area contributed by atoms with Gasteiger partial charge in [-0.1, -0.05) is 31.9 Å². The number of nitrogens with one attached hydrogen (secondary N) is 1. The van der Waals surface area contributed by atoms with Gasteiger partial charge in [-0.25, -0.2) is 4.98 Å². The lowest BCUT2D eigenvalue weighted by Gasteiger charge is -2.20. The molecule has 0 spiro atoms. The van der Waals surface area contributed by atoms with Crippen molar-refractivity contribution in [2.75, 3.05) is 12.3 Å². The first-order valence-corrected chi connectivity index (χ1v) is 9.82. The first-order valence-electron chi connectivity index (χ1n) is 9.82. The number of unbranched alkanes of at least 4 members (excludes halogenated alkanes) is 3. The zero-order chi connectivity index (χ0) is 18.3. The molecule has 0 saturated heterocycles. The number of aromatic nitrogens is 1. The highest BCUT2D eigenvalue weighted by molar-refractivity contribution is 5.82. The molecule has 0 bridgehead atoms. The summed E-state index contributed by atoms with van der Waals surface area (Å²) in [5.74, 6) is 0.704. The molecule has 1 aromatic carbocycles. The lowest BCUT2D eigenvalue weighted by Crippen LogP contribution is -2.36. The molecule has 138 valence electrons. The highest BCUT2D eigenvalue weighted by Gasteiger charge is 2.08. The van der Waals surface area contributed by atoms with Crippen molar-refractivity contribution < 1.29 is 0 Å². The molecule has 1 heterocycles. The number of rotatable bonds is 9. The average molecular weight is 342 g/mol. The van der Waals surface area contributed by atoms with Gasteiger partial charge in [-0.05, 0) is 82.7 Å². The van der Waals surface area contributed by atoms with Crippen LogP contribution in [0.5, 0.6) is 0 Å². The van der Waals surface area contributed by atoms with Gasteiger partial charge in [0.05, 0.1) is 5.52 Å². The Morgan fingerprint density at radius 3 is 2.48 bits per heavy atom. The lowest BCUT2D eigenvalue weighted by atomic mass is 10.0. The molecule has 3 N–H and O–H groups in total. The van der Waals surface area contributed by atoms with Gasteiger partial charge in [0, 0.05) is 10.9 Å². The van der Waals surface area contributed by atoms with Gasteiger partial charge in [0.2, 0.25) is 0 Å². The molecule has 0 fully saturated rings. The first kappa shape index (κ1) is 19.7. The summed E-state index contributed by atoms with van der Waals surface area (Å²) >= 11 is 0. The predicted molar refractivity (Wildman–Crippen MR) is 110 cm³/mol. The third-order valence-corrected chi connectivity index (χ3v) is 4.59. The minimum atomic E-state index is 0.208. The van der Waals surface area contributed by atoms with E-state index in [4.69, 9.17) is 5.73 Å². The maximum Gasteiger partial charge on any atom is 0.127 e. The molecule has 0 amide bonds. The maximum atomic E-state index is 6.18. The van der Waals surface area contributed by atoms with Crippen molar-refractivity contribution in [3.05, 3.63) is 35.4 Å².